The Hall–Kier alpha value is -0.557. The molecule has 8 heteroatoms. The van der Waals surface area contributed by atoms with Crippen LogP contribution in [0.1, 0.15) is 12.8 Å². The summed E-state index contributed by atoms with van der Waals surface area (Å²) >= 11 is 0. The molecule has 0 saturated carbocycles. The van der Waals surface area contributed by atoms with Gasteiger partial charge in [0.15, 0.2) is 0 Å². The molecule has 0 aliphatic rings. The second kappa shape index (κ2) is 11.4. The van der Waals surface area contributed by atoms with Crippen molar-refractivity contribution in [1.29, 1.82) is 0 Å². The van der Waals surface area contributed by atoms with E-state index in [0.717, 1.165) is 0 Å². The normalized spacial score (nSPS) is 9.62. The summed E-state index contributed by atoms with van der Waals surface area (Å²) in [4.78, 5) is 19.9. The molecule has 7 nitrogen and oxygen atoms in total. The van der Waals surface area contributed by atoms with E-state index in [0.29, 0.717) is 0 Å². The summed E-state index contributed by atoms with van der Waals surface area (Å²) in [6, 6.07) is -1.06. The third-order valence-electron chi connectivity index (χ3n) is 0.986. The minimum atomic E-state index is -1.17. The predicted molar refractivity (Wildman–Crippen MR) is 39.7 cm³/mol. The fourth-order valence-electron chi connectivity index (χ4n) is 0.402. The van der Waals surface area contributed by atoms with E-state index in [-0.39, 0.29) is 43.3 Å². The largest absolute Gasteiger partial charge is 0.481 e. The van der Waals surface area contributed by atoms with Crippen LogP contribution in [0.5, 0.6) is 0 Å². The van der Waals surface area contributed by atoms with Gasteiger partial charge in [0.1, 0.15) is 6.04 Å². The molecular formula is C5H13NO6Zn. The molecule has 0 saturated heterocycles. The summed E-state index contributed by atoms with van der Waals surface area (Å²) in [5, 5.41) is 16.3. The van der Waals surface area contributed by atoms with Gasteiger partial charge in [0.05, 0.1) is 0 Å². The molecule has 0 aliphatic heterocycles. The molecule has 0 aromatic carbocycles. The van der Waals surface area contributed by atoms with Crippen molar-refractivity contribution in [3.05, 3.63) is 0 Å². The first-order valence-corrected chi connectivity index (χ1v) is 2.74. The molecule has 0 rings (SSSR count). The molecule has 13 heavy (non-hydrogen) atoms. The van der Waals surface area contributed by atoms with Gasteiger partial charge in [-0.1, -0.05) is 0 Å². The number of nitrogens with two attached hydrogens (primary N) is 1. The van der Waals surface area contributed by atoms with Crippen LogP contribution in [-0.4, -0.2) is 39.1 Å². The van der Waals surface area contributed by atoms with E-state index in [2.05, 4.69) is 0 Å². The molecule has 0 unspecified atom stereocenters. The number of carbonyl (C=O) groups is 2. The van der Waals surface area contributed by atoms with Gasteiger partial charge in [0.2, 0.25) is 0 Å². The van der Waals surface area contributed by atoms with Gasteiger partial charge in [-0.3, -0.25) is 9.59 Å². The fraction of sp³-hybridized carbons (Fsp3) is 0.600. The van der Waals surface area contributed by atoms with Gasteiger partial charge < -0.3 is 26.9 Å². The van der Waals surface area contributed by atoms with Crippen LogP contribution in [0.15, 0.2) is 0 Å². The van der Waals surface area contributed by atoms with Crippen LogP contribution in [-0.2, 0) is 29.1 Å². The summed E-state index contributed by atoms with van der Waals surface area (Å²) in [6.45, 7) is 0. The van der Waals surface area contributed by atoms with Gasteiger partial charge in [0.25, 0.3) is 0 Å². The number of carboxylic acids is 2. The molecule has 0 radical (unpaired) electrons. The Morgan fingerprint density at radius 1 is 1.23 bits per heavy atom. The number of rotatable bonds is 4. The Balaban J connectivity index is -0.000000135. The maximum atomic E-state index is 9.99. The Morgan fingerprint density at radius 3 is 1.85 bits per heavy atom. The van der Waals surface area contributed by atoms with E-state index in [1.165, 1.54) is 0 Å². The minimum absolute atomic E-state index is 0. The number of aliphatic carboxylic acids is 2. The smallest absolute Gasteiger partial charge is 0.320 e. The van der Waals surface area contributed by atoms with Crippen molar-refractivity contribution in [2.75, 3.05) is 0 Å². The van der Waals surface area contributed by atoms with Crippen LogP contribution in [0.2, 0.25) is 0 Å². The minimum Gasteiger partial charge on any atom is -0.481 e. The predicted octanol–water partition coefficient (Wildman–Crippen LogP) is -2.39. The first-order valence-electron chi connectivity index (χ1n) is 2.74. The van der Waals surface area contributed by atoms with Crippen molar-refractivity contribution in [2.45, 2.75) is 18.9 Å². The van der Waals surface area contributed by atoms with Gasteiger partial charge in [-0.25, -0.2) is 0 Å². The first kappa shape index (κ1) is 22.9. The molecule has 0 spiro atoms. The van der Waals surface area contributed by atoms with Crippen molar-refractivity contribution < 1.29 is 50.2 Å². The van der Waals surface area contributed by atoms with Crippen molar-refractivity contribution in [2.24, 2.45) is 5.73 Å². The van der Waals surface area contributed by atoms with Gasteiger partial charge >= 0.3 is 11.9 Å². The molecule has 0 amide bonds. The molecule has 0 heterocycles. The third-order valence-corrected chi connectivity index (χ3v) is 0.986. The second-order valence-electron chi connectivity index (χ2n) is 1.88. The molecular weight excluding hydrogens is 235 g/mol. The van der Waals surface area contributed by atoms with E-state index < -0.39 is 18.0 Å². The van der Waals surface area contributed by atoms with Crippen molar-refractivity contribution in [1.82, 2.24) is 0 Å². The fourth-order valence-corrected chi connectivity index (χ4v) is 0.402. The van der Waals surface area contributed by atoms with E-state index in [1.807, 2.05) is 0 Å². The molecule has 1 atom stereocenters. The van der Waals surface area contributed by atoms with Gasteiger partial charge in [0, 0.05) is 25.9 Å². The average molecular weight is 249 g/mol. The summed E-state index contributed by atoms with van der Waals surface area (Å²) in [5.74, 6) is -2.20. The van der Waals surface area contributed by atoms with Gasteiger partial charge in [-0.05, 0) is 6.42 Å². The topological polar surface area (TPSA) is 164 Å². The van der Waals surface area contributed by atoms with E-state index in [1.54, 1.807) is 0 Å². The summed E-state index contributed by atoms with van der Waals surface area (Å²) in [7, 11) is 0. The van der Waals surface area contributed by atoms with Gasteiger partial charge in [-0.15, -0.1) is 0 Å². The van der Waals surface area contributed by atoms with E-state index in [4.69, 9.17) is 15.9 Å². The molecule has 0 fully saturated rings. The molecule has 0 aromatic heterocycles. The molecule has 0 bridgehead atoms. The summed E-state index contributed by atoms with van der Waals surface area (Å²) < 4.78 is 0. The van der Waals surface area contributed by atoms with E-state index in [9.17, 15) is 9.59 Å². The maximum absolute atomic E-state index is 9.99. The van der Waals surface area contributed by atoms with Crippen LogP contribution in [0.4, 0.5) is 0 Å². The zero-order valence-electron chi connectivity index (χ0n) is 6.99. The molecule has 76 valence electrons. The van der Waals surface area contributed by atoms with Crippen molar-refractivity contribution >= 4 is 11.9 Å². The Kier molecular flexibility index (Phi) is 20.1. The standard InChI is InChI=1S/C5H9NO4.2H2O.Zn/c6-3(5(9)10)1-2-4(7)8;;;/h3H,1-2,6H2,(H,7,8)(H,9,10);2*1H2;/t3-;;;/m1.../s1. The monoisotopic (exact) mass is 247 g/mol. The first-order chi connectivity index (χ1) is 4.54. The van der Waals surface area contributed by atoms with Crippen LogP contribution >= 0.6 is 0 Å². The number of hydrogen-bond donors (Lipinski definition) is 3. The van der Waals surface area contributed by atoms with E-state index >= 15 is 0 Å². The van der Waals surface area contributed by atoms with Gasteiger partial charge in [-0.2, -0.15) is 0 Å². The zero-order valence-corrected chi connectivity index (χ0v) is 9.95. The molecule has 8 N–H and O–H groups in total. The molecule has 0 aliphatic carbocycles. The van der Waals surface area contributed by atoms with Crippen LogP contribution in [0, 0.1) is 0 Å². The Bertz CT molecular complexity index is 152. The van der Waals surface area contributed by atoms with Crippen molar-refractivity contribution in [3.63, 3.8) is 0 Å². The molecule has 0 aromatic rings. The Morgan fingerprint density at radius 2 is 1.62 bits per heavy atom. The maximum Gasteiger partial charge on any atom is 0.320 e. The Labute approximate surface area is 87.3 Å². The van der Waals surface area contributed by atoms with Crippen LogP contribution in [0.3, 0.4) is 0 Å². The third kappa shape index (κ3) is 14.3. The quantitative estimate of drug-likeness (QED) is 0.472. The zero-order chi connectivity index (χ0) is 8.15. The van der Waals surface area contributed by atoms with Crippen molar-refractivity contribution in [3.8, 4) is 0 Å². The summed E-state index contributed by atoms with van der Waals surface area (Å²) in [5.41, 5.74) is 5.00. The average Bonchev–Trinajstić information content (AvgIpc) is 1.82. The second-order valence-corrected chi connectivity index (χ2v) is 1.88. The number of hydrogen-bond acceptors (Lipinski definition) is 3. The number of carboxylic acid groups (broad SMARTS) is 2. The van der Waals surface area contributed by atoms with Crippen LogP contribution < -0.4 is 5.73 Å². The SMILES string of the molecule is N[C@H](CCC(=O)O)C(=O)O.O.O.[Zn]. The summed E-state index contributed by atoms with van der Waals surface area (Å²) in [6.07, 6.45) is -0.224. The van der Waals surface area contributed by atoms with Crippen LogP contribution in [0.25, 0.3) is 0 Å².